The zero-order valence-corrected chi connectivity index (χ0v) is 15.5. The number of fused-ring (bicyclic) bond motifs is 1. The van der Waals surface area contributed by atoms with Crippen LogP contribution in [-0.4, -0.2) is 65.1 Å². The number of aliphatic hydroxyl groups excluding tert-OH is 1. The van der Waals surface area contributed by atoms with Crippen LogP contribution in [0, 0.1) is 11.8 Å². The summed E-state index contributed by atoms with van der Waals surface area (Å²) in [4.78, 5) is 31.5. The summed E-state index contributed by atoms with van der Waals surface area (Å²) in [6.07, 6.45) is 1.34. The van der Waals surface area contributed by atoms with Gasteiger partial charge in [0.25, 0.3) is 5.91 Å². The highest BCUT2D eigenvalue weighted by atomic mass is 16.3. The number of H-pyrrole nitrogens is 1. The molecule has 1 amide bonds. The first kappa shape index (κ1) is 18.1. The first-order valence-corrected chi connectivity index (χ1v) is 9.15. The zero-order valence-electron chi connectivity index (χ0n) is 15.5. The topological polar surface area (TPSA) is 76.6 Å². The molecule has 0 unspecified atom stereocenters. The standard InChI is InChI=1S/C19H29N3O3/c1-11(2)18-14(5-6-17(24)20-18)19(25)22-9-12-7-15(21(3)4)16(23)8-13(12)10-22/h5-6,11-13,15-16,23H,7-10H2,1-4H3,(H,20,24)/t12-,13+,15-,16-/m1/s1. The molecule has 1 aliphatic carbocycles. The van der Waals surface area contributed by atoms with E-state index in [1.165, 1.54) is 6.07 Å². The van der Waals surface area contributed by atoms with E-state index in [0.717, 1.165) is 19.4 Å². The van der Waals surface area contributed by atoms with Gasteiger partial charge in [0.05, 0.1) is 11.7 Å². The number of pyridine rings is 1. The van der Waals surface area contributed by atoms with Crippen LogP contribution in [0.15, 0.2) is 16.9 Å². The molecule has 1 aromatic rings. The minimum absolute atomic E-state index is 0.00903. The lowest BCUT2D eigenvalue weighted by Gasteiger charge is -2.38. The first-order valence-electron chi connectivity index (χ1n) is 9.15. The van der Waals surface area contributed by atoms with Crippen molar-refractivity contribution in [2.45, 2.75) is 44.8 Å². The van der Waals surface area contributed by atoms with Crippen LogP contribution in [0.4, 0.5) is 0 Å². The minimum Gasteiger partial charge on any atom is -0.391 e. The molecule has 25 heavy (non-hydrogen) atoms. The molecule has 2 aliphatic rings. The summed E-state index contributed by atoms with van der Waals surface area (Å²) in [5, 5.41) is 10.4. The van der Waals surface area contributed by atoms with Gasteiger partial charge >= 0.3 is 0 Å². The lowest BCUT2D eigenvalue weighted by Crippen LogP contribution is -2.46. The summed E-state index contributed by atoms with van der Waals surface area (Å²) in [5.41, 5.74) is 1.13. The van der Waals surface area contributed by atoms with Crippen LogP contribution >= 0.6 is 0 Å². The van der Waals surface area contributed by atoms with E-state index in [9.17, 15) is 14.7 Å². The highest BCUT2D eigenvalue weighted by Crippen LogP contribution is 2.38. The van der Waals surface area contributed by atoms with Crippen LogP contribution in [0.3, 0.4) is 0 Å². The van der Waals surface area contributed by atoms with Crippen molar-refractivity contribution < 1.29 is 9.90 Å². The molecule has 138 valence electrons. The fourth-order valence-electron chi connectivity index (χ4n) is 4.43. The Morgan fingerprint density at radius 2 is 1.88 bits per heavy atom. The van der Waals surface area contributed by atoms with Crippen molar-refractivity contribution in [3.8, 4) is 0 Å². The molecule has 2 N–H and O–H groups in total. The van der Waals surface area contributed by atoms with E-state index < -0.39 is 0 Å². The molecule has 1 aromatic heterocycles. The normalized spacial score (nSPS) is 29.3. The SMILES string of the molecule is CC(C)c1[nH]c(=O)ccc1C(=O)N1C[C@H]2C[C@@H](N(C)C)[C@H](O)C[C@H]2C1. The van der Waals surface area contributed by atoms with Crippen LogP contribution in [0.5, 0.6) is 0 Å². The maximum absolute atomic E-state index is 13.1. The molecule has 2 fully saturated rings. The van der Waals surface area contributed by atoms with Gasteiger partial charge < -0.3 is 19.9 Å². The number of carbonyl (C=O) groups is 1. The molecule has 0 aromatic carbocycles. The van der Waals surface area contributed by atoms with Crippen molar-refractivity contribution in [1.29, 1.82) is 0 Å². The van der Waals surface area contributed by atoms with E-state index in [1.807, 2.05) is 32.8 Å². The molecule has 0 bridgehead atoms. The quantitative estimate of drug-likeness (QED) is 0.863. The summed E-state index contributed by atoms with van der Waals surface area (Å²) in [6.45, 7) is 5.38. The molecule has 0 radical (unpaired) electrons. The van der Waals surface area contributed by atoms with Gasteiger partial charge in [-0.2, -0.15) is 0 Å². The van der Waals surface area contributed by atoms with Crippen LogP contribution in [-0.2, 0) is 0 Å². The number of hydrogen-bond donors (Lipinski definition) is 2. The first-order chi connectivity index (χ1) is 11.8. The average molecular weight is 347 g/mol. The van der Waals surface area contributed by atoms with Gasteiger partial charge in [0, 0.05) is 30.9 Å². The van der Waals surface area contributed by atoms with Gasteiger partial charge in [-0.3, -0.25) is 9.59 Å². The van der Waals surface area contributed by atoms with Gasteiger partial charge in [0.2, 0.25) is 5.56 Å². The number of hydrogen-bond acceptors (Lipinski definition) is 4. The van der Waals surface area contributed by atoms with E-state index in [-0.39, 0.29) is 29.5 Å². The highest BCUT2D eigenvalue weighted by molar-refractivity contribution is 5.95. The van der Waals surface area contributed by atoms with Crippen LogP contribution in [0.2, 0.25) is 0 Å². The maximum Gasteiger partial charge on any atom is 0.255 e. The molecule has 1 saturated carbocycles. The Hall–Kier alpha value is -1.66. The number of likely N-dealkylation sites (N-methyl/N-ethyl adjacent to an activating group) is 1. The second-order valence-electron chi connectivity index (χ2n) is 8.10. The Bertz CT molecular complexity index is 697. The fourth-order valence-corrected chi connectivity index (χ4v) is 4.43. The largest absolute Gasteiger partial charge is 0.391 e. The second kappa shape index (κ2) is 6.92. The van der Waals surface area contributed by atoms with E-state index in [2.05, 4.69) is 9.88 Å². The fraction of sp³-hybridized carbons (Fsp3) is 0.684. The van der Waals surface area contributed by atoms with Crippen LogP contribution in [0.25, 0.3) is 0 Å². The number of nitrogens with one attached hydrogen (secondary N) is 1. The molecule has 4 atom stereocenters. The van der Waals surface area contributed by atoms with Crippen LogP contribution < -0.4 is 5.56 Å². The summed E-state index contributed by atoms with van der Waals surface area (Å²) < 4.78 is 0. The number of likely N-dealkylation sites (tertiary alicyclic amines) is 1. The Kier molecular flexibility index (Phi) is 5.02. The molecule has 3 rings (SSSR count). The number of aromatic nitrogens is 1. The Balaban J connectivity index is 1.79. The van der Waals surface area contributed by atoms with Crippen molar-refractivity contribution in [2.75, 3.05) is 27.2 Å². The molecule has 6 heteroatoms. The third-order valence-electron chi connectivity index (χ3n) is 5.82. The average Bonchev–Trinajstić information content (AvgIpc) is 2.95. The summed E-state index contributed by atoms with van der Waals surface area (Å²) in [7, 11) is 4.00. The third kappa shape index (κ3) is 3.51. The maximum atomic E-state index is 13.1. The summed E-state index contributed by atoms with van der Waals surface area (Å²) >= 11 is 0. The molecule has 1 aliphatic heterocycles. The number of amides is 1. The van der Waals surface area contributed by atoms with Gasteiger partial charge in [-0.15, -0.1) is 0 Å². The second-order valence-corrected chi connectivity index (χ2v) is 8.10. The Morgan fingerprint density at radius 1 is 1.24 bits per heavy atom. The predicted octanol–water partition coefficient (Wildman–Crippen LogP) is 1.27. The smallest absolute Gasteiger partial charge is 0.255 e. The van der Waals surface area contributed by atoms with Crippen molar-refractivity contribution in [1.82, 2.24) is 14.8 Å². The number of carbonyl (C=O) groups excluding carboxylic acids is 1. The third-order valence-corrected chi connectivity index (χ3v) is 5.82. The lowest BCUT2D eigenvalue weighted by molar-refractivity contribution is 0.00940. The molecule has 0 spiro atoms. The van der Waals surface area contributed by atoms with E-state index in [4.69, 9.17) is 0 Å². The van der Waals surface area contributed by atoms with Crippen molar-refractivity contribution in [3.05, 3.63) is 33.7 Å². The zero-order chi connectivity index (χ0) is 18.3. The van der Waals surface area contributed by atoms with E-state index in [1.54, 1.807) is 6.07 Å². The van der Waals surface area contributed by atoms with Gasteiger partial charge in [0.15, 0.2) is 0 Å². The van der Waals surface area contributed by atoms with Gasteiger partial charge in [-0.25, -0.2) is 0 Å². The molecular formula is C19H29N3O3. The molecule has 6 nitrogen and oxygen atoms in total. The summed E-state index contributed by atoms with van der Waals surface area (Å²) in [6, 6.07) is 3.24. The Morgan fingerprint density at radius 3 is 2.48 bits per heavy atom. The molecule has 1 saturated heterocycles. The number of aromatic amines is 1. The number of nitrogens with zero attached hydrogens (tertiary/aromatic N) is 2. The van der Waals surface area contributed by atoms with Gasteiger partial charge in [-0.05, 0) is 50.8 Å². The number of aliphatic hydroxyl groups is 1. The van der Waals surface area contributed by atoms with Crippen molar-refractivity contribution in [2.24, 2.45) is 11.8 Å². The van der Waals surface area contributed by atoms with Crippen molar-refractivity contribution >= 4 is 5.91 Å². The van der Waals surface area contributed by atoms with Gasteiger partial charge in [0.1, 0.15) is 0 Å². The molecule has 2 heterocycles. The summed E-state index contributed by atoms with van der Waals surface area (Å²) in [5.74, 6) is 0.869. The molecular weight excluding hydrogens is 318 g/mol. The van der Waals surface area contributed by atoms with Gasteiger partial charge in [-0.1, -0.05) is 13.8 Å². The lowest BCUT2D eigenvalue weighted by atomic mass is 9.77. The van der Waals surface area contributed by atoms with E-state index in [0.29, 0.717) is 29.6 Å². The Labute approximate surface area is 148 Å². The van der Waals surface area contributed by atoms with E-state index >= 15 is 0 Å². The monoisotopic (exact) mass is 347 g/mol. The van der Waals surface area contributed by atoms with Crippen LogP contribution in [0.1, 0.15) is 48.7 Å². The highest BCUT2D eigenvalue weighted by Gasteiger charge is 2.43. The van der Waals surface area contributed by atoms with Crippen molar-refractivity contribution in [3.63, 3.8) is 0 Å². The number of rotatable bonds is 3. The predicted molar refractivity (Wildman–Crippen MR) is 96.8 cm³/mol. The minimum atomic E-state index is -0.328.